The van der Waals surface area contributed by atoms with Gasteiger partial charge in [0.2, 0.25) is 0 Å². The maximum Gasteiger partial charge on any atom is 0.322 e. The zero-order valence-corrected chi connectivity index (χ0v) is 18.4. The molecule has 2 aliphatic rings. The Bertz CT molecular complexity index is 1080. The van der Waals surface area contributed by atoms with Crippen LogP contribution in [0.2, 0.25) is 0 Å². The summed E-state index contributed by atoms with van der Waals surface area (Å²) < 4.78 is 5.49. The molecule has 5 nitrogen and oxygen atoms in total. The second kappa shape index (κ2) is 9.05. The highest BCUT2D eigenvalue weighted by molar-refractivity contribution is 5.94. The van der Waals surface area contributed by atoms with Crippen molar-refractivity contribution < 1.29 is 9.53 Å². The van der Waals surface area contributed by atoms with Gasteiger partial charge in [0, 0.05) is 36.9 Å². The Labute approximate surface area is 189 Å². The number of amides is 2. The SMILES string of the molecule is COc1cccc(C2c3ccccc3NC(=O)N2C2CCN(Cc3ccccc3)CC2)c1. The quantitative estimate of drug-likeness (QED) is 0.601. The predicted molar refractivity (Wildman–Crippen MR) is 127 cm³/mol. The highest BCUT2D eigenvalue weighted by Gasteiger charge is 2.39. The predicted octanol–water partition coefficient (Wildman–Crippen LogP) is 5.30. The van der Waals surface area contributed by atoms with Gasteiger partial charge in [-0.2, -0.15) is 0 Å². The first kappa shape index (κ1) is 20.6. The minimum atomic E-state index is -0.124. The van der Waals surface area contributed by atoms with Crippen molar-refractivity contribution in [1.82, 2.24) is 9.80 Å². The summed E-state index contributed by atoms with van der Waals surface area (Å²) in [5, 5.41) is 3.13. The molecule has 0 aliphatic carbocycles. The van der Waals surface area contributed by atoms with Gasteiger partial charge in [-0.1, -0.05) is 60.7 Å². The first-order valence-electron chi connectivity index (χ1n) is 11.3. The van der Waals surface area contributed by atoms with Crippen molar-refractivity contribution in [1.29, 1.82) is 0 Å². The van der Waals surface area contributed by atoms with Gasteiger partial charge < -0.3 is 15.0 Å². The van der Waals surface area contributed by atoms with Crippen LogP contribution in [0.25, 0.3) is 0 Å². The average molecular weight is 428 g/mol. The Hall–Kier alpha value is -3.31. The van der Waals surface area contributed by atoms with E-state index in [1.54, 1.807) is 7.11 Å². The van der Waals surface area contributed by atoms with Crippen molar-refractivity contribution in [2.45, 2.75) is 31.5 Å². The standard InChI is InChI=1S/C27H29N3O2/c1-32-23-11-7-10-21(18-23)26-24-12-5-6-13-25(24)28-27(31)30(26)22-14-16-29(17-15-22)19-20-8-3-2-4-9-20/h2-13,18,22,26H,14-17,19H2,1H3,(H,28,31). The molecule has 0 aromatic heterocycles. The van der Waals surface area contributed by atoms with Crippen LogP contribution in [0, 0.1) is 0 Å². The summed E-state index contributed by atoms with van der Waals surface area (Å²) in [5.41, 5.74) is 4.44. The van der Waals surface area contributed by atoms with Crippen LogP contribution in [-0.4, -0.2) is 42.1 Å². The fourth-order valence-electron chi connectivity index (χ4n) is 5.02. The normalized spacial score (nSPS) is 19.3. The molecule has 0 saturated carbocycles. The number of benzene rings is 3. The number of ether oxygens (including phenoxy) is 1. The minimum absolute atomic E-state index is 0.0157. The number of hydrogen-bond donors (Lipinski definition) is 1. The molecule has 2 heterocycles. The molecule has 164 valence electrons. The molecule has 0 bridgehead atoms. The Morgan fingerprint density at radius 2 is 1.69 bits per heavy atom. The number of carbonyl (C=O) groups is 1. The van der Waals surface area contributed by atoms with Gasteiger partial charge in [0.25, 0.3) is 0 Å². The zero-order valence-electron chi connectivity index (χ0n) is 18.4. The number of para-hydroxylation sites is 1. The van der Waals surface area contributed by atoms with E-state index in [4.69, 9.17) is 4.74 Å². The van der Waals surface area contributed by atoms with Crippen LogP contribution in [-0.2, 0) is 6.54 Å². The second-order valence-electron chi connectivity index (χ2n) is 8.60. The Morgan fingerprint density at radius 1 is 0.938 bits per heavy atom. The van der Waals surface area contributed by atoms with Gasteiger partial charge in [-0.05, 0) is 42.2 Å². The summed E-state index contributed by atoms with van der Waals surface area (Å²) in [6.07, 6.45) is 1.92. The average Bonchev–Trinajstić information content (AvgIpc) is 2.84. The summed E-state index contributed by atoms with van der Waals surface area (Å²) in [6, 6.07) is 26.9. The van der Waals surface area contributed by atoms with E-state index < -0.39 is 0 Å². The number of methoxy groups -OCH3 is 1. The number of rotatable bonds is 5. The number of carbonyl (C=O) groups excluding carboxylic acids is 1. The van der Waals surface area contributed by atoms with E-state index >= 15 is 0 Å². The van der Waals surface area contributed by atoms with Crippen LogP contribution in [0.15, 0.2) is 78.9 Å². The molecule has 2 amide bonds. The summed E-state index contributed by atoms with van der Waals surface area (Å²) in [7, 11) is 1.68. The molecule has 2 aliphatic heterocycles. The summed E-state index contributed by atoms with van der Waals surface area (Å²) in [6.45, 7) is 2.92. The number of hydrogen-bond acceptors (Lipinski definition) is 3. The number of nitrogens with one attached hydrogen (secondary N) is 1. The summed E-state index contributed by atoms with van der Waals surface area (Å²) in [4.78, 5) is 17.9. The Morgan fingerprint density at radius 3 is 2.47 bits per heavy atom. The molecular weight excluding hydrogens is 398 g/mol. The number of urea groups is 1. The number of anilines is 1. The second-order valence-corrected chi connectivity index (χ2v) is 8.60. The maximum atomic E-state index is 13.3. The topological polar surface area (TPSA) is 44.8 Å². The molecule has 3 aromatic rings. The molecule has 1 saturated heterocycles. The smallest absolute Gasteiger partial charge is 0.322 e. The molecule has 5 heteroatoms. The van der Waals surface area contributed by atoms with Crippen molar-refractivity contribution in [3.05, 3.63) is 95.6 Å². The van der Waals surface area contributed by atoms with Crippen LogP contribution in [0.3, 0.4) is 0 Å². The molecule has 1 N–H and O–H groups in total. The molecule has 1 unspecified atom stereocenters. The Kier molecular flexibility index (Phi) is 5.82. The van der Waals surface area contributed by atoms with Gasteiger partial charge in [-0.3, -0.25) is 4.90 Å². The lowest BCUT2D eigenvalue weighted by Gasteiger charge is -2.45. The molecule has 0 spiro atoms. The molecule has 1 fully saturated rings. The number of fused-ring (bicyclic) bond motifs is 1. The van der Waals surface area contributed by atoms with Crippen molar-refractivity contribution in [2.24, 2.45) is 0 Å². The van der Waals surface area contributed by atoms with E-state index in [-0.39, 0.29) is 18.1 Å². The fraction of sp³-hybridized carbons (Fsp3) is 0.296. The van der Waals surface area contributed by atoms with E-state index in [0.29, 0.717) is 0 Å². The highest BCUT2D eigenvalue weighted by Crippen LogP contribution is 2.41. The van der Waals surface area contributed by atoms with Gasteiger partial charge in [0.05, 0.1) is 13.2 Å². The Balaban J connectivity index is 1.41. The van der Waals surface area contributed by atoms with E-state index in [2.05, 4.69) is 63.6 Å². The number of nitrogens with zero attached hydrogens (tertiary/aromatic N) is 2. The third kappa shape index (κ3) is 4.08. The van der Waals surface area contributed by atoms with Crippen molar-refractivity contribution in [3.8, 4) is 5.75 Å². The third-order valence-corrected chi connectivity index (χ3v) is 6.62. The number of likely N-dealkylation sites (tertiary alicyclic amines) is 1. The molecule has 32 heavy (non-hydrogen) atoms. The minimum Gasteiger partial charge on any atom is -0.497 e. The van der Waals surface area contributed by atoms with E-state index in [9.17, 15) is 4.79 Å². The highest BCUT2D eigenvalue weighted by atomic mass is 16.5. The van der Waals surface area contributed by atoms with E-state index in [0.717, 1.165) is 55.0 Å². The first-order valence-corrected chi connectivity index (χ1v) is 11.3. The molecule has 0 radical (unpaired) electrons. The van der Waals surface area contributed by atoms with Gasteiger partial charge in [0.15, 0.2) is 0 Å². The zero-order chi connectivity index (χ0) is 21.9. The molecule has 5 rings (SSSR count). The monoisotopic (exact) mass is 427 g/mol. The van der Waals surface area contributed by atoms with Gasteiger partial charge in [-0.25, -0.2) is 4.79 Å². The van der Waals surface area contributed by atoms with E-state index in [1.165, 1.54) is 5.56 Å². The van der Waals surface area contributed by atoms with Crippen LogP contribution in [0.4, 0.5) is 10.5 Å². The van der Waals surface area contributed by atoms with Crippen LogP contribution in [0.1, 0.15) is 35.6 Å². The first-order chi connectivity index (χ1) is 15.7. The van der Waals surface area contributed by atoms with Crippen LogP contribution < -0.4 is 10.1 Å². The van der Waals surface area contributed by atoms with Crippen molar-refractivity contribution in [2.75, 3.05) is 25.5 Å². The summed E-state index contributed by atoms with van der Waals surface area (Å²) in [5.74, 6) is 0.809. The number of piperidine rings is 1. The van der Waals surface area contributed by atoms with Gasteiger partial charge in [0.1, 0.15) is 5.75 Å². The largest absolute Gasteiger partial charge is 0.497 e. The maximum absolute atomic E-state index is 13.3. The van der Waals surface area contributed by atoms with Crippen molar-refractivity contribution in [3.63, 3.8) is 0 Å². The molecular formula is C27H29N3O2. The lowest BCUT2D eigenvalue weighted by molar-refractivity contribution is 0.105. The van der Waals surface area contributed by atoms with E-state index in [1.807, 2.05) is 30.3 Å². The lowest BCUT2D eigenvalue weighted by Crippen LogP contribution is -2.52. The van der Waals surface area contributed by atoms with Crippen LogP contribution in [0.5, 0.6) is 5.75 Å². The van der Waals surface area contributed by atoms with Crippen LogP contribution >= 0.6 is 0 Å². The lowest BCUT2D eigenvalue weighted by atomic mass is 9.90. The fourth-order valence-corrected chi connectivity index (χ4v) is 5.02. The summed E-state index contributed by atoms with van der Waals surface area (Å²) >= 11 is 0. The third-order valence-electron chi connectivity index (χ3n) is 6.62. The molecule has 1 atom stereocenters. The molecule has 3 aromatic carbocycles. The van der Waals surface area contributed by atoms with Gasteiger partial charge in [-0.15, -0.1) is 0 Å². The van der Waals surface area contributed by atoms with Crippen molar-refractivity contribution >= 4 is 11.7 Å². The van der Waals surface area contributed by atoms with Gasteiger partial charge >= 0.3 is 6.03 Å².